The number of likely N-dealkylation sites (N-methyl/N-ethyl adjacent to an activating group) is 1. The molecule has 0 aromatic heterocycles. The van der Waals surface area contributed by atoms with E-state index >= 15 is 0 Å². The van der Waals surface area contributed by atoms with Crippen molar-refractivity contribution in [3.8, 4) is 11.5 Å². The van der Waals surface area contributed by atoms with Crippen molar-refractivity contribution in [1.29, 1.82) is 0 Å². The molecular formula is C18H28N2O3. The van der Waals surface area contributed by atoms with E-state index in [0.29, 0.717) is 36.8 Å². The van der Waals surface area contributed by atoms with Crippen LogP contribution < -0.4 is 9.47 Å². The normalized spacial score (nSPS) is 16.3. The Balaban J connectivity index is 2.00. The van der Waals surface area contributed by atoms with Gasteiger partial charge >= 0.3 is 0 Å². The Kier molecular flexibility index (Phi) is 6.86. The van der Waals surface area contributed by atoms with E-state index in [9.17, 15) is 4.79 Å². The van der Waals surface area contributed by atoms with E-state index in [0.717, 1.165) is 32.7 Å². The minimum atomic E-state index is 0.138. The van der Waals surface area contributed by atoms with Crippen molar-refractivity contribution in [1.82, 2.24) is 9.80 Å². The molecule has 0 spiro atoms. The monoisotopic (exact) mass is 320 g/mol. The average molecular weight is 320 g/mol. The van der Waals surface area contributed by atoms with Crippen LogP contribution in [0, 0.1) is 0 Å². The molecule has 2 rings (SSSR count). The van der Waals surface area contributed by atoms with Gasteiger partial charge in [0.2, 0.25) is 0 Å². The third-order valence-electron chi connectivity index (χ3n) is 4.14. The zero-order chi connectivity index (χ0) is 16.7. The first-order valence-electron chi connectivity index (χ1n) is 8.55. The van der Waals surface area contributed by atoms with Gasteiger partial charge in [-0.05, 0) is 38.6 Å². The van der Waals surface area contributed by atoms with Crippen LogP contribution in [0.5, 0.6) is 11.5 Å². The second kappa shape index (κ2) is 8.89. The smallest absolute Gasteiger partial charge is 0.176 e. The molecule has 1 saturated heterocycles. The van der Waals surface area contributed by atoms with Gasteiger partial charge < -0.3 is 14.4 Å². The van der Waals surface area contributed by atoms with Gasteiger partial charge in [-0.2, -0.15) is 0 Å². The highest BCUT2D eigenvalue weighted by Crippen LogP contribution is 2.28. The topological polar surface area (TPSA) is 42.0 Å². The predicted molar refractivity (Wildman–Crippen MR) is 91.7 cm³/mol. The minimum absolute atomic E-state index is 0.138. The third-order valence-corrected chi connectivity index (χ3v) is 4.14. The van der Waals surface area contributed by atoms with Gasteiger partial charge in [0, 0.05) is 31.7 Å². The van der Waals surface area contributed by atoms with Crippen LogP contribution in [-0.4, -0.2) is 68.1 Å². The van der Waals surface area contributed by atoms with Crippen molar-refractivity contribution in [2.75, 3.05) is 52.5 Å². The molecule has 128 valence electrons. The lowest BCUT2D eigenvalue weighted by molar-refractivity contribution is 0.0858. The number of hydrogen-bond acceptors (Lipinski definition) is 5. The summed E-state index contributed by atoms with van der Waals surface area (Å²) in [7, 11) is 0. The van der Waals surface area contributed by atoms with Crippen molar-refractivity contribution in [3.05, 3.63) is 23.8 Å². The lowest BCUT2D eigenvalue weighted by Crippen LogP contribution is -2.47. The van der Waals surface area contributed by atoms with Gasteiger partial charge in [-0.1, -0.05) is 6.92 Å². The molecule has 0 unspecified atom stereocenters. The third kappa shape index (κ3) is 4.94. The van der Waals surface area contributed by atoms with Crippen LogP contribution in [0.25, 0.3) is 0 Å². The summed E-state index contributed by atoms with van der Waals surface area (Å²) in [5, 5.41) is 0. The number of ether oxygens (including phenoxy) is 2. The molecule has 5 nitrogen and oxygen atoms in total. The highest BCUT2D eigenvalue weighted by atomic mass is 16.5. The Morgan fingerprint density at radius 3 is 2.17 bits per heavy atom. The van der Waals surface area contributed by atoms with Gasteiger partial charge in [0.05, 0.1) is 19.8 Å². The van der Waals surface area contributed by atoms with E-state index in [4.69, 9.17) is 9.47 Å². The lowest BCUT2D eigenvalue weighted by Gasteiger charge is -2.33. The van der Waals surface area contributed by atoms with Crippen LogP contribution >= 0.6 is 0 Å². The number of benzene rings is 1. The standard InChI is InChI=1S/C18H28N2O3/c1-4-19-9-11-20(12-10-19)14-16(21)15-7-8-17(22-5-2)18(13-15)23-6-3/h7-8,13H,4-6,9-12,14H2,1-3H3. The molecule has 0 radical (unpaired) electrons. The van der Waals surface area contributed by atoms with Gasteiger partial charge in [-0.3, -0.25) is 9.69 Å². The summed E-state index contributed by atoms with van der Waals surface area (Å²) >= 11 is 0. The molecule has 1 aromatic rings. The van der Waals surface area contributed by atoms with Gasteiger partial charge in [0.25, 0.3) is 0 Å². The summed E-state index contributed by atoms with van der Waals surface area (Å²) in [5.41, 5.74) is 0.690. The van der Waals surface area contributed by atoms with Crippen LogP contribution in [0.1, 0.15) is 31.1 Å². The van der Waals surface area contributed by atoms with Crippen LogP contribution in [0.2, 0.25) is 0 Å². The number of ketones is 1. The molecule has 0 saturated carbocycles. The number of Topliss-reactive ketones (excluding diaryl/α,β-unsaturated/α-hetero) is 1. The summed E-state index contributed by atoms with van der Waals surface area (Å²) in [5.74, 6) is 1.48. The number of carbonyl (C=O) groups excluding carboxylic acids is 1. The summed E-state index contributed by atoms with van der Waals surface area (Å²) in [6.07, 6.45) is 0. The van der Waals surface area contributed by atoms with Gasteiger partial charge in [0.1, 0.15) is 0 Å². The molecule has 0 atom stereocenters. The molecule has 1 fully saturated rings. The number of rotatable bonds is 8. The number of carbonyl (C=O) groups is 1. The first-order valence-corrected chi connectivity index (χ1v) is 8.55. The highest BCUT2D eigenvalue weighted by molar-refractivity contribution is 5.98. The van der Waals surface area contributed by atoms with Gasteiger partial charge in [-0.25, -0.2) is 0 Å². The maximum absolute atomic E-state index is 12.5. The molecule has 23 heavy (non-hydrogen) atoms. The molecule has 1 heterocycles. The van der Waals surface area contributed by atoms with Crippen molar-refractivity contribution in [2.45, 2.75) is 20.8 Å². The Morgan fingerprint density at radius 1 is 0.957 bits per heavy atom. The van der Waals surface area contributed by atoms with Crippen LogP contribution in [0.4, 0.5) is 0 Å². The minimum Gasteiger partial charge on any atom is -0.490 e. The molecule has 1 aliphatic rings. The first kappa shape index (κ1) is 17.8. The number of nitrogens with zero attached hydrogens (tertiary/aromatic N) is 2. The van der Waals surface area contributed by atoms with Crippen LogP contribution in [0.15, 0.2) is 18.2 Å². The molecule has 0 amide bonds. The Bertz CT molecular complexity index is 511. The van der Waals surface area contributed by atoms with Crippen molar-refractivity contribution in [3.63, 3.8) is 0 Å². The number of piperazine rings is 1. The second-order valence-electron chi connectivity index (χ2n) is 5.66. The lowest BCUT2D eigenvalue weighted by atomic mass is 10.1. The summed E-state index contributed by atoms with van der Waals surface area (Å²) in [6.45, 7) is 12.7. The fourth-order valence-corrected chi connectivity index (χ4v) is 2.78. The van der Waals surface area contributed by atoms with Gasteiger partial charge in [-0.15, -0.1) is 0 Å². The van der Waals surface area contributed by atoms with Crippen molar-refractivity contribution in [2.24, 2.45) is 0 Å². The second-order valence-corrected chi connectivity index (χ2v) is 5.66. The fourth-order valence-electron chi connectivity index (χ4n) is 2.78. The SMILES string of the molecule is CCOc1ccc(C(=O)CN2CCN(CC)CC2)cc1OCC. The van der Waals surface area contributed by atoms with Crippen LogP contribution in [0.3, 0.4) is 0 Å². The van der Waals surface area contributed by atoms with E-state index < -0.39 is 0 Å². The summed E-state index contributed by atoms with van der Waals surface area (Å²) in [6, 6.07) is 5.47. The van der Waals surface area contributed by atoms with E-state index in [1.165, 1.54) is 0 Å². The van der Waals surface area contributed by atoms with E-state index in [1.54, 1.807) is 6.07 Å². The highest BCUT2D eigenvalue weighted by Gasteiger charge is 2.19. The van der Waals surface area contributed by atoms with Gasteiger partial charge in [0.15, 0.2) is 17.3 Å². The Labute approximate surface area is 139 Å². The molecule has 1 aliphatic heterocycles. The molecule has 5 heteroatoms. The fraction of sp³-hybridized carbons (Fsp3) is 0.611. The first-order chi connectivity index (χ1) is 11.2. The molecule has 0 N–H and O–H groups in total. The molecule has 0 bridgehead atoms. The molecule has 1 aromatic carbocycles. The summed E-state index contributed by atoms with van der Waals surface area (Å²) in [4.78, 5) is 17.2. The van der Waals surface area contributed by atoms with E-state index in [2.05, 4.69) is 16.7 Å². The molecule has 0 aliphatic carbocycles. The summed E-state index contributed by atoms with van der Waals surface area (Å²) < 4.78 is 11.1. The maximum atomic E-state index is 12.5. The Morgan fingerprint density at radius 2 is 1.57 bits per heavy atom. The average Bonchev–Trinajstić information content (AvgIpc) is 2.57. The number of hydrogen-bond donors (Lipinski definition) is 0. The zero-order valence-electron chi connectivity index (χ0n) is 14.5. The van der Waals surface area contributed by atoms with Crippen molar-refractivity contribution < 1.29 is 14.3 Å². The van der Waals surface area contributed by atoms with E-state index in [1.807, 2.05) is 26.0 Å². The maximum Gasteiger partial charge on any atom is 0.176 e. The van der Waals surface area contributed by atoms with E-state index in [-0.39, 0.29) is 5.78 Å². The Hall–Kier alpha value is -1.59. The predicted octanol–water partition coefficient (Wildman–Crippen LogP) is 2.30. The van der Waals surface area contributed by atoms with Crippen molar-refractivity contribution >= 4 is 5.78 Å². The largest absolute Gasteiger partial charge is 0.490 e. The zero-order valence-corrected chi connectivity index (χ0v) is 14.5. The van der Waals surface area contributed by atoms with Crippen LogP contribution in [-0.2, 0) is 0 Å². The molecular weight excluding hydrogens is 292 g/mol. The quantitative estimate of drug-likeness (QED) is 0.688.